The molecule has 0 bridgehead atoms. The first-order valence-electron chi connectivity index (χ1n) is 16.4. The Labute approximate surface area is 282 Å². The highest BCUT2D eigenvalue weighted by Gasteiger charge is 2.36. The first-order chi connectivity index (χ1) is 22.7. The van der Waals surface area contributed by atoms with Gasteiger partial charge in [-0.2, -0.15) is 0 Å². The normalized spacial score (nSPS) is 16.9. The van der Waals surface area contributed by atoms with Crippen molar-refractivity contribution in [3.63, 3.8) is 0 Å². The van der Waals surface area contributed by atoms with Gasteiger partial charge in [0, 0.05) is 25.4 Å². The van der Waals surface area contributed by atoms with Gasteiger partial charge in [0.25, 0.3) is 0 Å². The molecule has 2 unspecified atom stereocenters. The van der Waals surface area contributed by atoms with Crippen LogP contribution in [0.5, 0.6) is 0 Å². The van der Waals surface area contributed by atoms with E-state index in [4.69, 9.17) is 9.47 Å². The van der Waals surface area contributed by atoms with Crippen LogP contribution >= 0.6 is 0 Å². The lowest BCUT2D eigenvalue weighted by Gasteiger charge is -2.30. The Hall–Kier alpha value is -4.74. The number of hydrogen-bond acceptors (Lipinski definition) is 8. The quantitative estimate of drug-likeness (QED) is 0.215. The smallest absolute Gasteiger partial charge is 0.408 e. The van der Waals surface area contributed by atoms with Gasteiger partial charge >= 0.3 is 18.0 Å². The number of rotatable bonds is 13. The Morgan fingerprint density at radius 3 is 2.12 bits per heavy atom. The van der Waals surface area contributed by atoms with Crippen LogP contribution in [0.1, 0.15) is 83.1 Å². The Morgan fingerprint density at radius 1 is 0.896 bits per heavy atom. The zero-order valence-corrected chi connectivity index (χ0v) is 28.6. The van der Waals surface area contributed by atoms with E-state index in [1.165, 1.54) is 12.1 Å². The molecule has 12 nitrogen and oxygen atoms in total. The van der Waals surface area contributed by atoms with E-state index in [2.05, 4.69) is 16.0 Å². The van der Waals surface area contributed by atoms with Crippen molar-refractivity contribution in [1.82, 2.24) is 20.9 Å². The predicted octanol–water partition coefficient (Wildman–Crippen LogP) is 3.92. The van der Waals surface area contributed by atoms with Crippen LogP contribution in [-0.2, 0) is 35.1 Å². The summed E-state index contributed by atoms with van der Waals surface area (Å²) in [6, 6.07) is 13.6. The first kappa shape index (κ1) is 37.7. The van der Waals surface area contributed by atoms with E-state index >= 15 is 0 Å². The average Bonchev–Trinajstić information content (AvgIpc) is 3.50. The van der Waals surface area contributed by atoms with E-state index in [0.29, 0.717) is 25.8 Å². The van der Waals surface area contributed by atoms with Gasteiger partial charge in [-0.05, 0) is 64.2 Å². The molecule has 0 radical (unpaired) electrons. The van der Waals surface area contributed by atoms with Crippen molar-refractivity contribution in [2.45, 2.75) is 103 Å². The van der Waals surface area contributed by atoms with Crippen molar-refractivity contribution in [2.24, 2.45) is 5.92 Å². The minimum absolute atomic E-state index is 0.0900. The van der Waals surface area contributed by atoms with Crippen molar-refractivity contribution in [1.29, 1.82) is 0 Å². The number of alkyl carbamates (subject to hydrolysis) is 1. The lowest BCUT2D eigenvalue weighted by molar-refractivity contribution is -0.143. The van der Waals surface area contributed by atoms with Crippen LogP contribution in [0.25, 0.3) is 0 Å². The number of nitrogens with zero attached hydrogens (tertiary/aromatic N) is 1. The summed E-state index contributed by atoms with van der Waals surface area (Å²) in [5, 5.41) is 8.07. The van der Waals surface area contributed by atoms with Gasteiger partial charge in [0.1, 0.15) is 23.7 Å². The Morgan fingerprint density at radius 2 is 1.52 bits per heavy atom. The molecule has 1 saturated heterocycles. The number of nitrogens with one attached hydrogen (secondary N) is 3. The molecule has 3 N–H and O–H groups in total. The summed E-state index contributed by atoms with van der Waals surface area (Å²) >= 11 is 0. The van der Waals surface area contributed by atoms with Gasteiger partial charge in [0.2, 0.25) is 17.7 Å². The average molecular weight is 665 g/mol. The molecule has 4 amide bonds. The molecule has 0 saturated carbocycles. The van der Waals surface area contributed by atoms with E-state index < -0.39 is 59.6 Å². The topological polar surface area (TPSA) is 160 Å². The second-order valence-electron chi connectivity index (χ2n) is 13.2. The number of amides is 4. The van der Waals surface area contributed by atoms with E-state index in [9.17, 15) is 28.8 Å². The van der Waals surface area contributed by atoms with Crippen LogP contribution in [0, 0.1) is 5.92 Å². The summed E-state index contributed by atoms with van der Waals surface area (Å²) < 4.78 is 10.5. The van der Waals surface area contributed by atoms with Crippen LogP contribution < -0.4 is 16.0 Å². The van der Waals surface area contributed by atoms with Gasteiger partial charge < -0.3 is 30.3 Å². The molecule has 2 aromatic carbocycles. The minimum Gasteiger partial charge on any atom is -0.444 e. The number of carbonyl (C=O) groups is 6. The van der Waals surface area contributed by atoms with Gasteiger partial charge in [-0.1, -0.05) is 68.8 Å². The molecule has 0 aromatic heterocycles. The van der Waals surface area contributed by atoms with Crippen LogP contribution in [0.4, 0.5) is 4.79 Å². The number of likely N-dealkylation sites (tertiary alicyclic amines) is 1. The monoisotopic (exact) mass is 664 g/mol. The molecule has 0 aliphatic carbocycles. The van der Waals surface area contributed by atoms with E-state index in [-0.39, 0.29) is 30.2 Å². The second kappa shape index (κ2) is 17.4. The lowest BCUT2D eigenvalue weighted by Crippen LogP contribution is -2.56. The molecule has 1 fully saturated rings. The van der Waals surface area contributed by atoms with Crippen LogP contribution in [0.2, 0.25) is 0 Å². The maximum Gasteiger partial charge on any atom is 0.408 e. The van der Waals surface area contributed by atoms with Gasteiger partial charge in [-0.25, -0.2) is 14.4 Å². The van der Waals surface area contributed by atoms with E-state index in [1.807, 2.05) is 19.9 Å². The number of hydrogen-bond donors (Lipinski definition) is 3. The van der Waals surface area contributed by atoms with Gasteiger partial charge in [0.15, 0.2) is 0 Å². The third kappa shape index (κ3) is 11.5. The predicted molar refractivity (Wildman–Crippen MR) is 179 cm³/mol. The summed E-state index contributed by atoms with van der Waals surface area (Å²) in [5.41, 5.74) is 0.210. The van der Waals surface area contributed by atoms with Gasteiger partial charge in [-0.15, -0.1) is 0 Å². The highest BCUT2D eigenvalue weighted by Crippen LogP contribution is 2.22. The molecular formula is C36H48N4O8. The standard InChI is InChI=1S/C36H48N4O8/c1-7-23(2)30(39-35(46)48-36(4,5)6)31(42)37-24(3)32(43)40-20-14-19-27(40)22-29(41)38-28(21-25-15-10-8-11-16-25)34(45)47-33(44)26-17-12-9-13-18-26/h8-13,15-18,23-24,27-28,30H,7,14,19-22H2,1-6H3,(H,37,42)(H,38,41)(H,39,46)/t23-,24-,27?,28-,30?/m0/s1. The molecule has 1 heterocycles. The van der Waals surface area contributed by atoms with Crippen molar-refractivity contribution in [3.05, 3.63) is 71.8 Å². The fourth-order valence-electron chi connectivity index (χ4n) is 5.39. The van der Waals surface area contributed by atoms with E-state index in [0.717, 1.165) is 5.56 Å². The molecule has 260 valence electrons. The molecule has 3 rings (SSSR count). The molecule has 2 aromatic rings. The molecule has 1 aliphatic rings. The molecule has 48 heavy (non-hydrogen) atoms. The Balaban J connectivity index is 1.65. The first-order valence-corrected chi connectivity index (χ1v) is 16.4. The van der Waals surface area contributed by atoms with Crippen molar-refractivity contribution in [3.8, 4) is 0 Å². The SMILES string of the molecule is CC[C@H](C)C(NC(=O)OC(C)(C)C)C(=O)N[C@@H](C)C(=O)N1CCCC1CC(=O)N[C@@H](Cc1ccccc1)C(=O)OC(=O)c1ccccc1. The lowest BCUT2D eigenvalue weighted by atomic mass is 9.98. The van der Waals surface area contributed by atoms with Gasteiger partial charge in [0.05, 0.1) is 5.56 Å². The highest BCUT2D eigenvalue weighted by atomic mass is 16.6. The van der Waals surface area contributed by atoms with Gasteiger partial charge in [-0.3, -0.25) is 14.4 Å². The summed E-state index contributed by atoms with van der Waals surface area (Å²) in [5.74, 6) is -3.33. The molecule has 0 spiro atoms. The maximum absolute atomic E-state index is 13.5. The third-order valence-corrected chi connectivity index (χ3v) is 8.08. The minimum atomic E-state index is -1.15. The molecular weight excluding hydrogens is 616 g/mol. The fraction of sp³-hybridized carbons (Fsp3) is 0.500. The van der Waals surface area contributed by atoms with Crippen LogP contribution in [0.3, 0.4) is 0 Å². The summed E-state index contributed by atoms with van der Waals surface area (Å²) in [6.45, 7) is 10.8. The summed E-state index contributed by atoms with van der Waals surface area (Å²) in [7, 11) is 0. The number of benzene rings is 2. The number of carbonyl (C=O) groups excluding carboxylic acids is 6. The van der Waals surface area contributed by atoms with E-state index in [1.54, 1.807) is 75.1 Å². The second-order valence-corrected chi connectivity index (χ2v) is 13.2. The van der Waals surface area contributed by atoms with Crippen molar-refractivity contribution in [2.75, 3.05) is 6.54 Å². The number of ether oxygens (including phenoxy) is 2. The fourth-order valence-corrected chi connectivity index (χ4v) is 5.39. The largest absolute Gasteiger partial charge is 0.444 e. The number of esters is 2. The molecule has 12 heteroatoms. The van der Waals surface area contributed by atoms with Crippen LogP contribution in [-0.4, -0.2) is 77.0 Å². The highest BCUT2D eigenvalue weighted by molar-refractivity contribution is 5.99. The maximum atomic E-state index is 13.5. The zero-order valence-electron chi connectivity index (χ0n) is 28.6. The summed E-state index contributed by atoms with van der Waals surface area (Å²) in [6.07, 6.45) is 1.08. The van der Waals surface area contributed by atoms with Crippen molar-refractivity contribution < 1.29 is 38.2 Å². The zero-order chi connectivity index (χ0) is 35.4. The third-order valence-electron chi connectivity index (χ3n) is 8.08. The molecule has 5 atom stereocenters. The summed E-state index contributed by atoms with van der Waals surface area (Å²) in [4.78, 5) is 79.8. The van der Waals surface area contributed by atoms with Crippen molar-refractivity contribution >= 4 is 35.8 Å². The molecule has 1 aliphatic heterocycles. The van der Waals surface area contributed by atoms with Crippen LogP contribution in [0.15, 0.2) is 60.7 Å². The Bertz CT molecular complexity index is 1430. The Kier molecular flexibility index (Phi) is 13.7.